The summed E-state index contributed by atoms with van der Waals surface area (Å²) < 4.78 is 28.2. The van der Waals surface area contributed by atoms with Crippen LogP contribution in [0.3, 0.4) is 0 Å². The fourth-order valence-corrected chi connectivity index (χ4v) is 2.83. The summed E-state index contributed by atoms with van der Waals surface area (Å²) >= 11 is 0. The predicted octanol–water partition coefficient (Wildman–Crippen LogP) is 1.14. The molecule has 0 saturated heterocycles. The molecular weight excluding hydrogens is 306 g/mol. The van der Waals surface area contributed by atoms with Gasteiger partial charge in [0.05, 0.1) is 10.6 Å². The number of benzene rings is 1. The molecule has 0 saturated carbocycles. The van der Waals surface area contributed by atoms with Gasteiger partial charge in [0.15, 0.2) is 0 Å². The zero-order valence-electron chi connectivity index (χ0n) is 12.0. The van der Waals surface area contributed by atoms with Crippen molar-refractivity contribution in [2.75, 3.05) is 10.0 Å². The standard InChI is InChI=1S/C14H15N3O4S/c1-10(18)15-11-3-6-13(7-4-11)22(20,21)16-12-5-8-14(19)17(2)9-12/h3-9,16H,1-2H3,(H,15,18). The Morgan fingerprint density at radius 1 is 1.05 bits per heavy atom. The van der Waals surface area contributed by atoms with Crippen molar-refractivity contribution in [2.45, 2.75) is 11.8 Å². The first-order chi connectivity index (χ1) is 10.3. The van der Waals surface area contributed by atoms with Gasteiger partial charge in [0.2, 0.25) is 11.5 Å². The highest BCUT2D eigenvalue weighted by Crippen LogP contribution is 2.17. The van der Waals surface area contributed by atoms with Gasteiger partial charge in [0.25, 0.3) is 10.0 Å². The smallest absolute Gasteiger partial charge is 0.261 e. The molecule has 116 valence electrons. The Bertz CT molecular complexity index is 854. The molecule has 8 heteroatoms. The third-order valence-corrected chi connectivity index (χ3v) is 4.22. The zero-order valence-corrected chi connectivity index (χ0v) is 12.8. The van der Waals surface area contributed by atoms with Crippen LogP contribution in [0.15, 0.2) is 52.3 Å². The predicted molar refractivity (Wildman–Crippen MR) is 83.2 cm³/mol. The Kier molecular flexibility index (Phi) is 4.32. The first-order valence-electron chi connectivity index (χ1n) is 6.35. The average Bonchev–Trinajstić information content (AvgIpc) is 2.42. The van der Waals surface area contributed by atoms with Crippen molar-refractivity contribution in [1.29, 1.82) is 0 Å². The van der Waals surface area contributed by atoms with Gasteiger partial charge >= 0.3 is 0 Å². The molecule has 0 unspecified atom stereocenters. The highest BCUT2D eigenvalue weighted by Gasteiger charge is 2.14. The number of hydrogen-bond acceptors (Lipinski definition) is 4. The van der Waals surface area contributed by atoms with Crippen molar-refractivity contribution in [3.05, 3.63) is 52.9 Å². The van der Waals surface area contributed by atoms with Gasteiger partial charge in [-0.2, -0.15) is 0 Å². The van der Waals surface area contributed by atoms with Crippen LogP contribution in [0.2, 0.25) is 0 Å². The topological polar surface area (TPSA) is 97.3 Å². The van der Waals surface area contributed by atoms with Crippen molar-refractivity contribution in [2.24, 2.45) is 7.05 Å². The maximum absolute atomic E-state index is 12.2. The van der Waals surface area contributed by atoms with Gasteiger partial charge in [-0.05, 0) is 30.3 Å². The lowest BCUT2D eigenvalue weighted by Crippen LogP contribution is -2.18. The average molecular weight is 321 g/mol. The molecule has 0 spiro atoms. The van der Waals surface area contributed by atoms with Crippen molar-refractivity contribution in [1.82, 2.24) is 4.57 Å². The number of hydrogen-bond donors (Lipinski definition) is 2. The number of aromatic nitrogens is 1. The van der Waals surface area contributed by atoms with E-state index < -0.39 is 10.0 Å². The summed E-state index contributed by atoms with van der Waals surface area (Å²) in [4.78, 5) is 22.3. The number of sulfonamides is 1. The fraction of sp³-hybridized carbons (Fsp3) is 0.143. The normalized spacial score (nSPS) is 11.0. The second-order valence-corrected chi connectivity index (χ2v) is 6.36. The number of aryl methyl sites for hydroxylation is 1. The van der Waals surface area contributed by atoms with E-state index in [2.05, 4.69) is 10.0 Å². The number of amides is 1. The molecule has 1 aromatic carbocycles. The van der Waals surface area contributed by atoms with Crippen LogP contribution >= 0.6 is 0 Å². The van der Waals surface area contributed by atoms with Gasteiger partial charge in [-0.1, -0.05) is 0 Å². The van der Waals surface area contributed by atoms with Crippen molar-refractivity contribution in [3.63, 3.8) is 0 Å². The summed E-state index contributed by atoms with van der Waals surface area (Å²) in [5.41, 5.74) is 0.559. The van der Waals surface area contributed by atoms with Crippen LogP contribution < -0.4 is 15.6 Å². The summed E-state index contributed by atoms with van der Waals surface area (Å²) in [5.74, 6) is -0.237. The molecule has 7 nitrogen and oxygen atoms in total. The van der Waals surface area contributed by atoms with E-state index in [0.717, 1.165) is 0 Å². The largest absolute Gasteiger partial charge is 0.326 e. The van der Waals surface area contributed by atoms with Gasteiger partial charge in [0, 0.05) is 31.9 Å². The molecular formula is C14H15N3O4S. The number of carbonyl (C=O) groups is 1. The van der Waals surface area contributed by atoms with Crippen LogP contribution in [-0.4, -0.2) is 18.9 Å². The van der Waals surface area contributed by atoms with Crippen LogP contribution in [0.4, 0.5) is 11.4 Å². The maximum atomic E-state index is 12.2. The number of nitrogens with one attached hydrogen (secondary N) is 2. The van der Waals surface area contributed by atoms with Crippen LogP contribution in [0.5, 0.6) is 0 Å². The van der Waals surface area contributed by atoms with E-state index in [1.807, 2.05) is 0 Å². The lowest BCUT2D eigenvalue weighted by atomic mass is 10.3. The van der Waals surface area contributed by atoms with Crippen molar-refractivity contribution < 1.29 is 13.2 Å². The van der Waals surface area contributed by atoms with Crippen molar-refractivity contribution >= 4 is 27.3 Å². The number of rotatable bonds is 4. The van der Waals surface area contributed by atoms with Gasteiger partial charge in [-0.3, -0.25) is 14.3 Å². The molecule has 0 aliphatic carbocycles. The molecule has 0 fully saturated rings. The third kappa shape index (κ3) is 3.73. The lowest BCUT2D eigenvalue weighted by molar-refractivity contribution is -0.114. The second-order valence-electron chi connectivity index (χ2n) is 4.68. The maximum Gasteiger partial charge on any atom is 0.261 e. The molecule has 0 bridgehead atoms. The van der Waals surface area contributed by atoms with Gasteiger partial charge in [-0.25, -0.2) is 8.42 Å². The Hall–Kier alpha value is -2.61. The Labute approximate surface area is 127 Å². The van der Waals surface area contributed by atoms with E-state index in [0.29, 0.717) is 5.69 Å². The minimum Gasteiger partial charge on any atom is -0.326 e. The molecule has 1 aromatic heterocycles. The van der Waals surface area contributed by atoms with E-state index in [9.17, 15) is 18.0 Å². The fourth-order valence-electron chi connectivity index (χ4n) is 1.79. The highest BCUT2D eigenvalue weighted by atomic mass is 32.2. The minimum atomic E-state index is -3.77. The van der Waals surface area contributed by atoms with E-state index in [1.165, 1.54) is 61.1 Å². The third-order valence-electron chi connectivity index (χ3n) is 2.82. The molecule has 0 atom stereocenters. The highest BCUT2D eigenvalue weighted by molar-refractivity contribution is 7.92. The Morgan fingerprint density at radius 3 is 2.18 bits per heavy atom. The van der Waals surface area contributed by atoms with Crippen molar-refractivity contribution in [3.8, 4) is 0 Å². The molecule has 0 radical (unpaired) electrons. The second kappa shape index (κ2) is 6.02. The van der Waals surface area contributed by atoms with E-state index in [1.54, 1.807) is 0 Å². The molecule has 2 aromatic rings. The molecule has 0 aliphatic rings. The van der Waals surface area contributed by atoms with E-state index >= 15 is 0 Å². The van der Waals surface area contributed by atoms with Gasteiger partial charge in [0.1, 0.15) is 0 Å². The van der Waals surface area contributed by atoms with Crippen LogP contribution in [-0.2, 0) is 21.9 Å². The van der Waals surface area contributed by atoms with Crippen LogP contribution in [0, 0.1) is 0 Å². The summed E-state index contributed by atoms with van der Waals surface area (Å²) in [7, 11) is -2.24. The molecule has 22 heavy (non-hydrogen) atoms. The molecule has 0 aliphatic heterocycles. The van der Waals surface area contributed by atoms with Gasteiger partial charge in [-0.15, -0.1) is 0 Å². The first kappa shape index (κ1) is 15.8. The Balaban J connectivity index is 2.24. The molecule has 2 N–H and O–H groups in total. The number of pyridine rings is 1. The number of carbonyl (C=O) groups excluding carboxylic acids is 1. The minimum absolute atomic E-state index is 0.0513. The summed E-state index contributed by atoms with van der Waals surface area (Å²) in [6, 6.07) is 8.43. The lowest BCUT2D eigenvalue weighted by Gasteiger charge is -2.09. The quantitative estimate of drug-likeness (QED) is 0.882. The zero-order chi connectivity index (χ0) is 16.3. The van der Waals surface area contributed by atoms with Crippen LogP contribution in [0.25, 0.3) is 0 Å². The first-order valence-corrected chi connectivity index (χ1v) is 7.83. The SMILES string of the molecule is CC(=O)Nc1ccc(S(=O)(=O)Nc2ccc(=O)n(C)c2)cc1. The number of anilines is 2. The summed E-state index contributed by atoms with van der Waals surface area (Å²) in [5, 5.41) is 2.55. The summed E-state index contributed by atoms with van der Waals surface area (Å²) in [6.45, 7) is 1.37. The summed E-state index contributed by atoms with van der Waals surface area (Å²) in [6.07, 6.45) is 1.39. The monoisotopic (exact) mass is 321 g/mol. The number of nitrogens with zero attached hydrogens (tertiary/aromatic N) is 1. The molecule has 2 rings (SSSR count). The van der Waals surface area contributed by atoms with E-state index in [-0.39, 0.29) is 22.0 Å². The van der Waals surface area contributed by atoms with Gasteiger partial charge < -0.3 is 9.88 Å². The molecule has 1 amide bonds. The van der Waals surface area contributed by atoms with Crippen LogP contribution in [0.1, 0.15) is 6.92 Å². The van der Waals surface area contributed by atoms with E-state index in [4.69, 9.17) is 0 Å². The molecule has 1 heterocycles. The Morgan fingerprint density at radius 2 is 1.64 bits per heavy atom.